The summed E-state index contributed by atoms with van der Waals surface area (Å²) in [5.74, 6) is 0. The first-order valence-corrected chi connectivity index (χ1v) is 9.67. The molecule has 2 aromatic carbocycles. The number of aromatic amines is 1. The van der Waals surface area contributed by atoms with Crippen molar-refractivity contribution in [1.29, 1.82) is 0 Å². The number of aromatic nitrogens is 1. The van der Waals surface area contributed by atoms with Crippen LogP contribution in [-0.4, -0.2) is 21.8 Å². The van der Waals surface area contributed by atoms with Crippen LogP contribution in [0.2, 0.25) is 5.02 Å². The third-order valence-corrected chi connectivity index (χ3v) is 5.74. The van der Waals surface area contributed by atoms with Gasteiger partial charge in [0.2, 0.25) is 10.9 Å². The van der Waals surface area contributed by atoms with Crippen molar-refractivity contribution in [2.24, 2.45) is 0 Å². The van der Waals surface area contributed by atoms with E-state index in [4.69, 9.17) is 11.6 Å². The average molecular weight is 386 g/mol. The van der Waals surface area contributed by atoms with Crippen molar-refractivity contribution in [2.75, 3.05) is 4.41 Å². The lowest BCUT2D eigenvalue weighted by Gasteiger charge is -2.23. The Hall–Kier alpha value is -2.07. The van der Waals surface area contributed by atoms with E-state index in [0.29, 0.717) is 15.3 Å². The first-order chi connectivity index (χ1) is 11.4. The second kappa shape index (κ2) is 6.44. The van der Waals surface area contributed by atoms with Gasteiger partial charge in [0.15, 0.2) is 0 Å². The van der Waals surface area contributed by atoms with Crippen LogP contribution in [0.4, 0.5) is 5.69 Å². The van der Waals surface area contributed by atoms with Gasteiger partial charge in [0.05, 0.1) is 15.6 Å². The van der Waals surface area contributed by atoms with Crippen molar-refractivity contribution in [3.63, 3.8) is 0 Å². The van der Waals surface area contributed by atoms with E-state index < -0.39 is 20.9 Å². The fourth-order valence-electron chi connectivity index (χ4n) is 2.30. The number of anilines is 1. The van der Waals surface area contributed by atoms with Crippen LogP contribution in [0.5, 0.6) is 0 Å². The number of fused-ring (bicyclic) bond motifs is 1. The molecule has 0 fully saturated rings. The molecule has 126 valence electrons. The molecule has 0 aliphatic carbocycles. The average Bonchev–Trinajstić information content (AvgIpc) is 2.95. The maximum atomic E-state index is 12.9. The quantitative estimate of drug-likeness (QED) is 0.462. The van der Waals surface area contributed by atoms with E-state index in [1.165, 1.54) is 24.4 Å². The van der Waals surface area contributed by atoms with Crippen LogP contribution in [0.1, 0.15) is 0 Å². The highest BCUT2D eigenvalue weighted by molar-refractivity contribution is 7.93. The Balaban J connectivity index is 2.26. The highest BCUT2D eigenvalue weighted by atomic mass is 35.5. The zero-order chi connectivity index (χ0) is 17.3. The van der Waals surface area contributed by atoms with Gasteiger partial charge in [-0.1, -0.05) is 35.9 Å². The maximum Gasteiger partial charge on any atom is 0.278 e. The number of thiol groups is 1. The first-order valence-electron chi connectivity index (χ1n) is 6.68. The fraction of sp³-hybridized carbons (Fsp3) is 0. The molecule has 10 heteroatoms. The van der Waals surface area contributed by atoms with Crippen LogP contribution in [0.25, 0.3) is 10.9 Å². The summed E-state index contributed by atoms with van der Waals surface area (Å²) < 4.78 is 48.8. The lowest BCUT2D eigenvalue weighted by molar-refractivity contribution is 0.580. The van der Waals surface area contributed by atoms with Crippen LogP contribution < -0.4 is 9.25 Å². The second-order valence-electron chi connectivity index (χ2n) is 4.78. The molecular weight excluding hydrogens is 374 g/mol. The van der Waals surface area contributed by atoms with Gasteiger partial charge in [0, 0.05) is 17.1 Å². The largest absolute Gasteiger partial charge is 0.360 e. The lowest BCUT2D eigenvalue weighted by Crippen LogP contribution is -2.42. The number of H-pyrrole nitrogens is 1. The minimum Gasteiger partial charge on any atom is -0.360 e. The van der Waals surface area contributed by atoms with Gasteiger partial charge in [-0.3, -0.25) is 0 Å². The first kappa shape index (κ1) is 16.8. The highest BCUT2D eigenvalue weighted by Gasteiger charge is 2.28. The van der Waals surface area contributed by atoms with Crippen LogP contribution in [0.15, 0.2) is 59.6 Å². The van der Waals surface area contributed by atoms with E-state index in [1.807, 2.05) is 4.83 Å². The van der Waals surface area contributed by atoms with Gasteiger partial charge in [-0.2, -0.15) is 12.8 Å². The van der Waals surface area contributed by atoms with Gasteiger partial charge in [0.1, 0.15) is 0 Å². The normalized spacial score (nSPS) is 11.9. The molecule has 0 aliphatic heterocycles. The fourth-order valence-corrected chi connectivity index (χ4v) is 4.57. The van der Waals surface area contributed by atoms with Crippen LogP contribution in [0, 0.1) is 0 Å². The van der Waals surface area contributed by atoms with Crippen molar-refractivity contribution in [3.05, 3.63) is 59.8 Å². The van der Waals surface area contributed by atoms with E-state index in [2.05, 4.69) is 4.98 Å². The molecule has 0 spiro atoms. The van der Waals surface area contributed by atoms with E-state index in [1.54, 1.807) is 30.3 Å². The molecule has 0 atom stereocenters. The highest BCUT2D eigenvalue weighted by Crippen LogP contribution is 2.34. The molecule has 3 aromatic rings. The molecule has 3 rings (SSSR count). The minimum atomic E-state index is -4.17. The van der Waals surface area contributed by atoms with Gasteiger partial charge in [-0.25, -0.2) is 8.42 Å². The number of halogens is 1. The van der Waals surface area contributed by atoms with Gasteiger partial charge in [0.25, 0.3) is 10.0 Å². The van der Waals surface area contributed by atoms with Crippen LogP contribution in [0.3, 0.4) is 0 Å². The molecule has 0 bridgehead atoms. The molecule has 24 heavy (non-hydrogen) atoms. The predicted molar refractivity (Wildman–Crippen MR) is 92.9 cm³/mol. The topological polar surface area (TPSA) is 99.3 Å². The zero-order valence-corrected chi connectivity index (χ0v) is 14.5. The Labute approximate surface area is 145 Å². The summed E-state index contributed by atoms with van der Waals surface area (Å²) in [5.41, 5.74) is 0.676. The Kier molecular flexibility index (Phi) is 4.50. The van der Waals surface area contributed by atoms with Gasteiger partial charge in [-0.15, -0.1) is 4.83 Å². The summed E-state index contributed by atoms with van der Waals surface area (Å²) in [6.07, 6.45) is 1.50. The molecule has 0 aliphatic rings. The van der Waals surface area contributed by atoms with E-state index in [0.717, 1.165) is 0 Å². The summed E-state index contributed by atoms with van der Waals surface area (Å²) in [7, 11) is -7.39. The second-order valence-corrected chi connectivity index (χ2v) is 7.68. The van der Waals surface area contributed by atoms with E-state index in [9.17, 15) is 16.8 Å². The number of benzene rings is 2. The Bertz CT molecular complexity index is 1050. The van der Waals surface area contributed by atoms with Crippen LogP contribution >= 0.6 is 11.6 Å². The minimum absolute atomic E-state index is 0.0574. The number of nitrogens with zero attached hydrogens (tertiary/aromatic N) is 1. The van der Waals surface area contributed by atoms with Crippen molar-refractivity contribution in [2.45, 2.75) is 4.90 Å². The predicted octanol–water partition coefficient (Wildman–Crippen LogP) is 2.05. The van der Waals surface area contributed by atoms with E-state index >= 15 is 0 Å². The molecule has 0 saturated heterocycles. The number of hydrogen-bond donors (Lipinski definition) is 3. The number of nitrogens with one attached hydrogen (secondary N) is 2. The Morgan fingerprint density at radius 1 is 1.04 bits per heavy atom. The maximum absolute atomic E-state index is 12.9. The van der Waals surface area contributed by atoms with Crippen molar-refractivity contribution >= 4 is 49.1 Å². The monoisotopic (exact) mass is 385 g/mol. The summed E-state index contributed by atoms with van der Waals surface area (Å²) in [6.45, 7) is 0. The third kappa shape index (κ3) is 2.98. The molecule has 0 unspecified atom stereocenters. The van der Waals surface area contributed by atoms with Gasteiger partial charge < -0.3 is 4.98 Å². The van der Waals surface area contributed by atoms with Crippen molar-refractivity contribution < 1.29 is 16.8 Å². The molecule has 1 heterocycles. The molecule has 1 aromatic heterocycles. The Morgan fingerprint density at radius 3 is 2.42 bits per heavy atom. The van der Waals surface area contributed by atoms with E-state index in [-0.39, 0.29) is 15.6 Å². The van der Waals surface area contributed by atoms with Crippen molar-refractivity contribution in [3.8, 4) is 0 Å². The lowest BCUT2D eigenvalue weighted by atomic mass is 10.2. The smallest absolute Gasteiger partial charge is 0.278 e. The number of hydrogen-bond acceptors (Lipinski definition) is 4. The Morgan fingerprint density at radius 2 is 1.75 bits per heavy atom. The number of hydrazine groups is 1. The SMILES string of the molecule is O=[SH](=O)NN(c1cccc2[nH]cc(Cl)c12)S(=O)(=O)c1ccccc1. The number of sulfonamides is 1. The third-order valence-electron chi connectivity index (χ3n) is 3.31. The summed E-state index contributed by atoms with van der Waals surface area (Å²) in [5, 5.41) is 0.666. The molecule has 0 saturated carbocycles. The summed E-state index contributed by atoms with van der Waals surface area (Å²) >= 11 is 6.12. The van der Waals surface area contributed by atoms with Gasteiger partial charge >= 0.3 is 0 Å². The molecule has 7 nitrogen and oxygen atoms in total. The molecule has 0 radical (unpaired) electrons. The number of rotatable bonds is 5. The standard InChI is InChI=1S/C14H12ClN3O4S2/c15-11-9-16-12-7-4-8-13(14(11)12)18(17-23(19)20)24(21,22)10-5-2-1-3-6-10/h1-9,16,23H,(H,17,19,20). The van der Waals surface area contributed by atoms with Crippen LogP contribution in [-0.2, 0) is 20.9 Å². The molecule has 0 amide bonds. The summed E-state index contributed by atoms with van der Waals surface area (Å²) in [6, 6.07) is 12.3. The summed E-state index contributed by atoms with van der Waals surface area (Å²) in [4.78, 5) is 4.81. The molecule has 2 N–H and O–H groups in total. The van der Waals surface area contributed by atoms with Crippen molar-refractivity contribution in [1.82, 2.24) is 9.82 Å². The zero-order valence-electron chi connectivity index (χ0n) is 12.0. The molecular formula is C14H12ClN3O4S2. The van der Waals surface area contributed by atoms with Gasteiger partial charge in [-0.05, 0) is 24.3 Å².